The lowest BCUT2D eigenvalue weighted by Gasteiger charge is -2.09. The average Bonchev–Trinajstić information content (AvgIpc) is 3.03. The number of anilines is 1. The lowest BCUT2D eigenvalue weighted by Crippen LogP contribution is -2.00. The van der Waals surface area contributed by atoms with Gasteiger partial charge in [0.2, 0.25) is 0 Å². The van der Waals surface area contributed by atoms with Gasteiger partial charge in [0.1, 0.15) is 0 Å². The maximum absolute atomic E-state index is 9.76. The highest BCUT2D eigenvalue weighted by Gasteiger charge is 2.14. The van der Waals surface area contributed by atoms with E-state index in [9.17, 15) is 10.2 Å². The molecule has 0 amide bonds. The minimum atomic E-state index is -0.230. The molecule has 0 fully saturated rings. The van der Waals surface area contributed by atoms with Crippen LogP contribution in [-0.2, 0) is 0 Å². The zero-order chi connectivity index (χ0) is 16.8. The number of nitrogens with two attached hydrogens (primary N) is 1. The van der Waals surface area contributed by atoms with Crippen molar-refractivity contribution in [1.82, 2.24) is 14.4 Å². The van der Waals surface area contributed by atoms with Crippen molar-refractivity contribution < 1.29 is 10.2 Å². The molecule has 2 aromatic heterocycles. The highest BCUT2D eigenvalue weighted by Crippen LogP contribution is 2.33. The molecule has 0 aliphatic carbocycles. The van der Waals surface area contributed by atoms with Crippen molar-refractivity contribution in [3.8, 4) is 28.8 Å². The molecule has 7 heteroatoms. The van der Waals surface area contributed by atoms with E-state index in [0.717, 1.165) is 0 Å². The fourth-order valence-electron chi connectivity index (χ4n) is 2.71. The van der Waals surface area contributed by atoms with Gasteiger partial charge in [-0.1, -0.05) is 0 Å². The molecule has 0 aliphatic heterocycles. The summed E-state index contributed by atoms with van der Waals surface area (Å²) in [6, 6.07) is 11.7. The zero-order valence-electron chi connectivity index (χ0n) is 12.3. The minimum Gasteiger partial charge on any atom is -0.504 e. The van der Waals surface area contributed by atoms with Crippen LogP contribution in [0.2, 0.25) is 0 Å². The van der Waals surface area contributed by atoms with Crippen molar-refractivity contribution in [3.63, 3.8) is 0 Å². The topological polar surface area (TPSA) is 120 Å². The predicted molar refractivity (Wildman–Crippen MR) is 88.4 cm³/mol. The van der Waals surface area contributed by atoms with E-state index in [4.69, 9.17) is 11.0 Å². The van der Waals surface area contributed by atoms with Crippen molar-refractivity contribution in [2.75, 3.05) is 5.73 Å². The monoisotopic (exact) mass is 317 g/mol. The molecule has 0 spiro atoms. The molecule has 0 bridgehead atoms. The van der Waals surface area contributed by atoms with Crippen LogP contribution in [-0.4, -0.2) is 24.6 Å². The van der Waals surface area contributed by atoms with Gasteiger partial charge < -0.3 is 15.9 Å². The maximum Gasteiger partial charge on any atom is 0.180 e. The lowest BCUT2D eigenvalue weighted by molar-refractivity contribution is 0.404. The van der Waals surface area contributed by atoms with Gasteiger partial charge in [-0.25, -0.2) is 9.97 Å². The van der Waals surface area contributed by atoms with Crippen LogP contribution in [0.5, 0.6) is 11.5 Å². The number of aromatic hydroxyl groups is 2. The summed E-state index contributed by atoms with van der Waals surface area (Å²) in [5.41, 5.74) is 9.55. The van der Waals surface area contributed by atoms with E-state index in [0.29, 0.717) is 33.5 Å². The van der Waals surface area contributed by atoms with Crippen molar-refractivity contribution >= 4 is 22.5 Å². The van der Waals surface area contributed by atoms with Crippen LogP contribution in [0, 0.1) is 11.3 Å². The van der Waals surface area contributed by atoms with E-state index < -0.39 is 0 Å². The summed E-state index contributed by atoms with van der Waals surface area (Å²) >= 11 is 0. The van der Waals surface area contributed by atoms with E-state index in [1.165, 1.54) is 12.1 Å². The quantitative estimate of drug-likeness (QED) is 0.464. The SMILES string of the molecule is N#Cc1ccc2nc(N)c3ncc(-c4ccc(O)c(O)c4)n3c2c1. The van der Waals surface area contributed by atoms with Gasteiger partial charge in [0.25, 0.3) is 0 Å². The molecule has 116 valence electrons. The van der Waals surface area contributed by atoms with E-state index in [1.807, 2.05) is 0 Å². The smallest absolute Gasteiger partial charge is 0.180 e. The summed E-state index contributed by atoms with van der Waals surface area (Å²) in [5.74, 6) is -0.168. The van der Waals surface area contributed by atoms with Gasteiger partial charge in [-0.05, 0) is 36.4 Å². The number of imidazole rings is 1. The van der Waals surface area contributed by atoms with Gasteiger partial charge in [0.15, 0.2) is 23.0 Å². The standard InChI is InChI=1S/C17H11N5O2/c18-7-9-1-3-11-12(5-9)22-13(8-20-17(22)16(19)21-11)10-2-4-14(23)15(24)6-10/h1-6,8,23-24H,(H2,19,21). The second-order valence-electron chi connectivity index (χ2n) is 5.32. The molecule has 4 N–H and O–H groups in total. The van der Waals surface area contributed by atoms with Crippen LogP contribution in [0.4, 0.5) is 5.82 Å². The Labute approximate surface area is 135 Å². The van der Waals surface area contributed by atoms with Gasteiger partial charge in [0.05, 0.1) is 34.6 Å². The molecular formula is C17H11N5O2. The number of phenols is 2. The molecule has 0 saturated carbocycles. The Hall–Kier alpha value is -3.79. The first-order chi connectivity index (χ1) is 11.6. The molecule has 0 saturated heterocycles. The fraction of sp³-hybridized carbons (Fsp3) is 0. The van der Waals surface area contributed by atoms with E-state index >= 15 is 0 Å². The summed E-state index contributed by atoms with van der Waals surface area (Å²) in [4.78, 5) is 8.61. The minimum absolute atomic E-state index is 0.203. The van der Waals surface area contributed by atoms with Gasteiger partial charge in [0, 0.05) is 5.56 Å². The molecule has 0 aliphatic rings. The molecule has 0 atom stereocenters. The first-order valence-corrected chi connectivity index (χ1v) is 7.07. The number of phenolic OH excluding ortho intramolecular Hbond substituents is 2. The average molecular weight is 317 g/mol. The Kier molecular flexibility index (Phi) is 2.80. The Balaban J connectivity index is 2.13. The second kappa shape index (κ2) is 4.86. The van der Waals surface area contributed by atoms with Crippen molar-refractivity contribution in [3.05, 3.63) is 48.2 Å². The molecule has 0 unspecified atom stereocenters. The van der Waals surface area contributed by atoms with Crippen molar-refractivity contribution in [2.45, 2.75) is 0 Å². The number of nitriles is 1. The van der Waals surface area contributed by atoms with Crippen LogP contribution in [0.25, 0.3) is 27.9 Å². The first-order valence-electron chi connectivity index (χ1n) is 7.07. The summed E-state index contributed by atoms with van der Waals surface area (Å²) < 4.78 is 1.78. The van der Waals surface area contributed by atoms with Crippen LogP contribution in [0.1, 0.15) is 5.56 Å². The maximum atomic E-state index is 9.76. The number of aromatic nitrogens is 3. The lowest BCUT2D eigenvalue weighted by atomic mass is 10.1. The molecule has 4 aromatic rings. The van der Waals surface area contributed by atoms with Crippen molar-refractivity contribution in [1.29, 1.82) is 5.26 Å². The van der Waals surface area contributed by atoms with E-state index in [-0.39, 0.29) is 17.3 Å². The Morgan fingerprint density at radius 3 is 2.67 bits per heavy atom. The van der Waals surface area contributed by atoms with Crippen LogP contribution >= 0.6 is 0 Å². The Morgan fingerprint density at radius 1 is 1.08 bits per heavy atom. The predicted octanol–water partition coefficient (Wildman–Crippen LogP) is 2.41. The van der Waals surface area contributed by atoms with E-state index in [1.54, 1.807) is 34.9 Å². The summed E-state index contributed by atoms with van der Waals surface area (Å²) in [6.45, 7) is 0. The second-order valence-corrected chi connectivity index (χ2v) is 5.32. The summed E-state index contributed by atoms with van der Waals surface area (Å²) in [5, 5.41) is 28.4. The number of benzene rings is 2. The Morgan fingerprint density at radius 2 is 1.92 bits per heavy atom. The molecular weight excluding hydrogens is 306 g/mol. The largest absolute Gasteiger partial charge is 0.504 e. The van der Waals surface area contributed by atoms with E-state index in [2.05, 4.69) is 16.0 Å². The third kappa shape index (κ3) is 1.90. The highest BCUT2D eigenvalue weighted by molar-refractivity contribution is 5.86. The third-order valence-electron chi connectivity index (χ3n) is 3.85. The molecule has 0 radical (unpaired) electrons. The Bertz CT molecular complexity index is 1160. The molecule has 2 aromatic carbocycles. The van der Waals surface area contributed by atoms with Crippen LogP contribution < -0.4 is 5.73 Å². The zero-order valence-corrected chi connectivity index (χ0v) is 12.3. The molecule has 7 nitrogen and oxygen atoms in total. The normalized spacial score (nSPS) is 11.0. The van der Waals surface area contributed by atoms with Crippen LogP contribution in [0.15, 0.2) is 42.6 Å². The number of nitrogens with zero attached hydrogens (tertiary/aromatic N) is 4. The van der Waals surface area contributed by atoms with Crippen LogP contribution in [0.3, 0.4) is 0 Å². The number of hydrogen-bond acceptors (Lipinski definition) is 6. The molecule has 2 heterocycles. The summed E-state index contributed by atoms with van der Waals surface area (Å²) in [7, 11) is 0. The van der Waals surface area contributed by atoms with Gasteiger partial charge in [-0.2, -0.15) is 5.26 Å². The first kappa shape index (κ1) is 13.8. The molecule has 24 heavy (non-hydrogen) atoms. The molecule has 4 rings (SSSR count). The summed E-state index contributed by atoms with van der Waals surface area (Å²) in [6.07, 6.45) is 1.61. The highest BCUT2D eigenvalue weighted by atomic mass is 16.3. The van der Waals surface area contributed by atoms with Crippen molar-refractivity contribution in [2.24, 2.45) is 0 Å². The van der Waals surface area contributed by atoms with Gasteiger partial charge >= 0.3 is 0 Å². The number of fused-ring (bicyclic) bond motifs is 3. The number of nitrogen functional groups attached to an aromatic ring is 1. The fourth-order valence-corrected chi connectivity index (χ4v) is 2.71. The number of rotatable bonds is 1. The number of hydrogen-bond donors (Lipinski definition) is 3. The van der Waals surface area contributed by atoms with Gasteiger partial charge in [-0.15, -0.1) is 0 Å². The third-order valence-corrected chi connectivity index (χ3v) is 3.85. The van der Waals surface area contributed by atoms with Gasteiger partial charge in [-0.3, -0.25) is 4.40 Å².